The van der Waals surface area contributed by atoms with Gasteiger partial charge in [0.1, 0.15) is 0 Å². The van der Waals surface area contributed by atoms with Gasteiger partial charge >= 0.3 is 0 Å². The molecule has 0 radical (unpaired) electrons. The highest BCUT2D eigenvalue weighted by atomic mass is 32.2. The van der Waals surface area contributed by atoms with E-state index in [1.54, 1.807) is 41.8 Å². The van der Waals surface area contributed by atoms with Crippen molar-refractivity contribution in [3.63, 3.8) is 0 Å². The number of nitrogens with zero attached hydrogens (tertiary/aromatic N) is 2. The molecule has 8 heteroatoms. The van der Waals surface area contributed by atoms with Crippen molar-refractivity contribution in [2.24, 2.45) is 5.10 Å². The Morgan fingerprint density at radius 1 is 1.10 bits per heavy atom. The van der Waals surface area contributed by atoms with E-state index in [0.717, 1.165) is 22.3 Å². The first-order chi connectivity index (χ1) is 13.8. The summed E-state index contributed by atoms with van der Waals surface area (Å²) >= 11 is 1.54. The Morgan fingerprint density at radius 2 is 1.79 bits per heavy atom. The lowest BCUT2D eigenvalue weighted by Gasteiger charge is -2.22. The maximum atomic E-state index is 12.3. The normalized spacial score (nSPS) is 11.5. The average Bonchev–Trinajstić information content (AvgIpc) is 3.11. The minimum atomic E-state index is -3.48. The highest BCUT2D eigenvalue weighted by molar-refractivity contribution is 7.92. The Labute approximate surface area is 174 Å². The summed E-state index contributed by atoms with van der Waals surface area (Å²) < 4.78 is 25.8. The van der Waals surface area contributed by atoms with E-state index in [1.807, 2.05) is 48.7 Å². The highest BCUT2D eigenvalue weighted by Gasteiger charge is 2.18. The van der Waals surface area contributed by atoms with E-state index in [9.17, 15) is 13.2 Å². The molecule has 0 aliphatic rings. The van der Waals surface area contributed by atoms with Crippen molar-refractivity contribution < 1.29 is 13.2 Å². The van der Waals surface area contributed by atoms with E-state index < -0.39 is 10.0 Å². The number of carbonyl (C=O) groups is 1. The maximum Gasteiger partial charge on any atom is 0.271 e. The molecule has 0 saturated carbocycles. The number of thiophene rings is 1. The van der Waals surface area contributed by atoms with Gasteiger partial charge in [0.25, 0.3) is 5.91 Å². The Kier molecular flexibility index (Phi) is 6.46. The van der Waals surface area contributed by atoms with Gasteiger partial charge in [-0.2, -0.15) is 5.10 Å². The van der Waals surface area contributed by atoms with Crippen LogP contribution in [0.15, 0.2) is 71.1 Å². The summed E-state index contributed by atoms with van der Waals surface area (Å²) in [6.45, 7) is 2.19. The van der Waals surface area contributed by atoms with Gasteiger partial charge in [-0.05, 0) is 53.8 Å². The van der Waals surface area contributed by atoms with Gasteiger partial charge in [0.2, 0.25) is 10.0 Å². The monoisotopic (exact) mass is 427 g/mol. The van der Waals surface area contributed by atoms with Gasteiger partial charge in [0.05, 0.1) is 24.7 Å². The van der Waals surface area contributed by atoms with Crippen molar-refractivity contribution in [1.82, 2.24) is 5.43 Å². The zero-order valence-electron chi connectivity index (χ0n) is 16.1. The number of amides is 1. The van der Waals surface area contributed by atoms with Gasteiger partial charge in [0.15, 0.2) is 0 Å². The first-order valence-electron chi connectivity index (χ1n) is 8.84. The fourth-order valence-electron chi connectivity index (χ4n) is 2.66. The van der Waals surface area contributed by atoms with E-state index in [4.69, 9.17) is 0 Å². The molecular weight excluding hydrogens is 406 g/mol. The standard InChI is InChI=1S/C21H21N3O3S2/c1-16-12-13-28-20(16)14-22-23-21(25)18-8-10-19(11-9-18)24(29(2,26)27)15-17-6-4-3-5-7-17/h3-14H,15H2,1-2H3,(H,23,25)/b22-14-. The van der Waals surface area contributed by atoms with Crippen LogP contribution in [0.25, 0.3) is 0 Å². The fraction of sp³-hybridized carbons (Fsp3) is 0.143. The molecule has 0 spiro atoms. The molecule has 1 N–H and O–H groups in total. The lowest BCUT2D eigenvalue weighted by molar-refractivity contribution is 0.0955. The number of hydrazone groups is 1. The predicted octanol–water partition coefficient (Wildman–Crippen LogP) is 3.79. The van der Waals surface area contributed by atoms with E-state index >= 15 is 0 Å². The second-order valence-corrected chi connectivity index (χ2v) is 9.32. The van der Waals surface area contributed by atoms with Crippen LogP contribution in [0, 0.1) is 6.92 Å². The summed E-state index contributed by atoms with van der Waals surface area (Å²) in [5, 5.41) is 5.94. The number of aryl methyl sites for hydroxylation is 1. The molecule has 0 saturated heterocycles. The molecular formula is C21H21N3O3S2. The molecule has 6 nitrogen and oxygen atoms in total. The largest absolute Gasteiger partial charge is 0.271 e. The van der Waals surface area contributed by atoms with Crippen molar-refractivity contribution in [2.75, 3.05) is 10.6 Å². The Balaban J connectivity index is 1.72. The van der Waals surface area contributed by atoms with Crippen LogP contribution in [0.5, 0.6) is 0 Å². The van der Waals surface area contributed by atoms with Crippen molar-refractivity contribution in [3.8, 4) is 0 Å². The molecule has 1 aromatic heterocycles. The van der Waals surface area contributed by atoms with E-state index in [-0.39, 0.29) is 12.5 Å². The quantitative estimate of drug-likeness (QED) is 0.460. The molecule has 29 heavy (non-hydrogen) atoms. The molecule has 2 aromatic carbocycles. The summed E-state index contributed by atoms with van der Waals surface area (Å²) in [5.41, 5.74) is 5.34. The second kappa shape index (κ2) is 9.02. The van der Waals surface area contributed by atoms with E-state index in [2.05, 4.69) is 10.5 Å². The fourth-order valence-corrected chi connectivity index (χ4v) is 4.33. The number of sulfonamides is 1. The Morgan fingerprint density at radius 3 is 2.38 bits per heavy atom. The van der Waals surface area contributed by atoms with Gasteiger partial charge < -0.3 is 0 Å². The topological polar surface area (TPSA) is 78.8 Å². The minimum Gasteiger partial charge on any atom is -0.267 e. The summed E-state index contributed by atoms with van der Waals surface area (Å²) in [5.74, 6) is -0.365. The van der Waals surface area contributed by atoms with Crippen LogP contribution >= 0.6 is 11.3 Å². The second-order valence-electron chi connectivity index (χ2n) is 6.47. The third-order valence-electron chi connectivity index (χ3n) is 4.24. The number of hydrogen-bond acceptors (Lipinski definition) is 5. The number of carbonyl (C=O) groups excluding carboxylic acids is 1. The number of anilines is 1. The zero-order valence-corrected chi connectivity index (χ0v) is 17.7. The van der Waals surface area contributed by atoms with Gasteiger partial charge in [-0.15, -0.1) is 11.3 Å². The predicted molar refractivity (Wildman–Crippen MR) is 118 cm³/mol. The molecule has 150 valence electrons. The molecule has 1 amide bonds. The maximum absolute atomic E-state index is 12.3. The number of nitrogens with one attached hydrogen (secondary N) is 1. The molecule has 0 bridgehead atoms. The number of hydrogen-bond donors (Lipinski definition) is 1. The van der Waals surface area contributed by atoms with Gasteiger partial charge in [-0.1, -0.05) is 30.3 Å². The molecule has 0 fully saturated rings. The summed E-state index contributed by atoms with van der Waals surface area (Å²) in [6, 6.07) is 17.7. The smallest absolute Gasteiger partial charge is 0.267 e. The van der Waals surface area contributed by atoms with Crippen LogP contribution in [0.3, 0.4) is 0 Å². The third-order valence-corrected chi connectivity index (χ3v) is 6.33. The zero-order chi connectivity index (χ0) is 20.9. The summed E-state index contributed by atoms with van der Waals surface area (Å²) in [6.07, 6.45) is 2.77. The van der Waals surface area contributed by atoms with Crippen LogP contribution in [0.2, 0.25) is 0 Å². The van der Waals surface area contributed by atoms with Crippen molar-refractivity contribution in [3.05, 3.63) is 87.6 Å². The van der Waals surface area contributed by atoms with Crippen LogP contribution < -0.4 is 9.73 Å². The molecule has 0 aliphatic carbocycles. The SMILES string of the molecule is Cc1ccsc1/C=N\NC(=O)c1ccc(N(Cc2ccccc2)S(C)(=O)=O)cc1. The summed E-state index contributed by atoms with van der Waals surface area (Å²) in [4.78, 5) is 13.3. The lowest BCUT2D eigenvalue weighted by Crippen LogP contribution is -2.29. The number of rotatable bonds is 7. The molecule has 0 atom stereocenters. The van der Waals surface area contributed by atoms with E-state index in [1.165, 1.54) is 4.31 Å². The van der Waals surface area contributed by atoms with Crippen molar-refractivity contribution in [1.29, 1.82) is 0 Å². The van der Waals surface area contributed by atoms with Gasteiger partial charge in [-0.3, -0.25) is 9.10 Å². The Hall–Kier alpha value is -2.97. The average molecular weight is 428 g/mol. The molecule has 3 rings (SSSR count). The first kappa shape index (κ1) is 20.8. The van der Waals surface area contributed by atoms with Crippen LogP contribution in [0.1, 0.15) is 26.4 Å². The molecule has 3 aromatic rings. The molecule has 1 heterocycles. The summed E-state index contributed by atoms with van der Waals surface area (Å²) in [7, 11) is -3.48. The van der Waals surface area contributed by atoms with Gasteiger partial charge in [-0.25, -0.2) is 13.8 Å². The van der Waals surface area contributed by atoms with Crippen LogP contribution in [0.4, 0.5) is 5.69 Å². The van der Waals surface area contributed by atoms with Crippen molar-refractivity contribution >= 4 is 39.2 Å². The third kappa shape index (κ3) is 5.52. The van der Waals surface area contributed by atoms with Crippen molar-refractivity contribution in [2.45, 2.75) is 13.5 Å². The molecule has 0 unspecified atom stereocenters. The van der Waals surface area contributed by atoms with Gasteiger partial charge in [0, 0.05) is 10.4 Å². The molecule has 0 aliphatic heterocycles. The van der Waals surface area contributed by atoms with Crippen LogP contribution in [-0.4, -0.2) is 26.8 Å². The minimum absolute atomic E-state index is 0.218. The van der Waals surface area contributed by atoms with E-state index in [0.29, 0.717) is 11.3 Å². The van der Waals surface area contributed by atoms with Crippen LogP contribution in [-0.2, 0) is 16.6 Å². The number of benzene rings is 2. The highest BCUT2D eigenvalue weighted by Crippen LogP contribution is 2.21. The first-order valence-corrected chi connectivity index (χ1v) is 11.6. The Bertz CT molecular complexity index is 1110. The lowest BCUT2D eigenvalue weighted by atomic mass is 10.2.